The maximum Gasteiger partial charge on any atom is 0.257 e. The monoisotopic (exact) mass is 473 g/mol. The summed E-state index contributed by atoms with van der Waals surface area (Å²) in [6.45, 7) is 8.20. The SMILES string of the molecule is CCC(C)c1ccc2oc(-c3cc(NC(=S)NC(=O)c4cc(C)cc(C)c4)ccc3O)nc2c1. The number of anilines is 1. The van der Waals surface area contributed by atoms with Crippen LogP contribution in [0, 0.1) is 13.8 Å². The van der Waals surface area contributed by atoms with Gasteiger partial charge in [-0.05, 0) is 86.4 Å². The van der Waals surface area contributed by atoms with Crippen molar-refractivity contribution in [1.29, 1.82) is 0 Å². The van der Waals surface area contributed by atoms with E-state index in [4.69, 9.17) is 16.6 Å². The number of carbonyl (C=O) groups is 1. The minimum absolute atomic E-state index is 0.0319. The highest BCUT2D eigenvalue weighted by Gasteiger charge is 2.16. The van der Waals surface area contributed by atoms with Crippen molar-refractivity contribution in [2.45, 2.75) is 40.0 Å². The first-order valence-corrected chi connectivity index (χ1v) is 11.6. The fraction of sp³-hybridized carbons (Fsp3) is 0.222. The van der Waals surface area contributed by atoms with Crippen LogP contribution in [-0.2, 0) is 0 Å². The molecule has 0 aliphatic rings. The Bertz CT molecular complexity index is 1370. The van der Waals surface area contributed by atoms with Gasteiger partial charge in [-0.3, -0.25) is 10.1 Å². The molecular weight excluding hydrogens is 446 g/mol. The fourth-order valence-electron chi connectivity index (χ4n) is 3.83. The average molecular weight is 474 g/mol. The Balaban J connectivity index is 1.54. The number of hydrogen-bond acceptors (Lipinski definition) is 5. The van der Waals surface area contributed by atoms with Gasteiger partial charge in [0.2, 0.25) is 5.89 Å². The molecule has 3 aromatic carbocycles. The molecule has 1 atom stereocenters. The standard InChI is InChI=1S/C27H27N3O3S/c1-5-17(4)18-6-9-24-22(13-18)29-26(33-24)21-14-20(7-8-23(21)31)28-27(34)30-25(32)19-11-15(2)10-16(3)12-19/h6-14,17,31H,5H2,1-4H3,(H2,28,30,32,34). The highest BCUT2D eigenvalue weighted by atomic mass is 32.1. The highest BCUT2D eigenvalue weighted by molar-refractivity contribution is 7.80. The molecule has 0 aliphatic heterocycles. The first kappa shape index (κ1) is 23.4. The Morgan fingerprint density at radius 2 is 1.82 bits per heavy atom. The number of hydrogen-bond donors (Lipinski definition) is 3. The van der Waals surface area contributed by atoms with Crippen LogP contribution in [0.2, 0.25) is 0 Å². The highest BCUT2D eigenvalue weighted by Crippen LogP contribution is 2.34. The van der Waals surface area contributed by atoms with Crippen LogP contribution in [0.4, 0.5) is 5.69 Å². The lowest BCUT2D eigenvalue weighted by Crippen LogP contribution is -2.34. The van der Waals surface area contributed by atoms with E-state index < -0.39 is 0 Å². The third-order valence-corrected chi connectivity index (χ3v) is 5.99. The molecule has 0 fully saturated rings. The first-order chi connectivity index (χ1) is 16.2. The van der Waals surface area contributed by atoms with E-state index in [1.165, 1.54) is 11.6 Å². The number of benzene rings is 3. The molecule has 1 unspecified atom stereocenters. The lowest BCUT2D eigenvalue weighted by molar-refractivity contribution is 0.0977. The van der Waals surface area contributed by atoms with E-state index in [2.05, 4.69) is 29.5 Å². The van der Waals surface area contributed by atoms with E-state index in [1.807, 2.05) is 50.2 Å². The van der Waals surface area contributed by atoms with Crippen LogP contribution in [-0.4, -0.2) is 21.1 Å². The van der Waals surface area contributed by atoms with Crippen LogP contribution in [0.3, 0.4) is 0 Å². The van der Waals surface area contributed by atoms with Gasteiger partial charge >= 0.3 is 0 Å². The fourth-order valence-corrected chi connectivity index (χ4v) is 4.04. The van der Waals surface area contributed by atoms with Gasteiger partial charge < -0.3 is 14.8 Å². The molecule has 1 aromatic heterocycles. The van der Waals surface area contributed by atoms with Crippen LogP contribution in [0.5, 0.6) is 5.75 Å². The van der Waals surface area contributed by atoms with Gasteiger partial charge in [0.05, 0.1) is 5.56 Å². The number of amides is 1. The Hall–Kier alpha value is -3.71. The van der Waals surface area contributed by atoms with Crippen LogP contribution in [0.1, 0.15) is 53.2 Å². The number of aromatic hydroxyl groups is 1. The van der Waals surface area contributed by atoms with Gasteiger partial charge in [-0.25, -0.2) is 4.98 Å². The Kier molecular flexibility index (Phi) is 6.65. The number of aryl methyl sites for hydroxylation is 2. The smallest absolute Gasteiger partial charge is 0.257 e. The summed E-state index contributed by atoms with van der Waals surface area (Å²) in [6, 6.07) is 16.5. The van der Waals surface area contributed by atoms with Crippen molar-refractivity contribution in [2.24, 2.45) is 0 Å². The zero-order valence-electron chi connectivity index (χ0n) is 19.6. The zero-order valence-corrected chi connectivity index (χ0v) is 20.4. The second-order valence-electron chi connectivity index (χ2n) is 8.57. The predicted molar refractivity (Wildman–Crippen MR) is 139 cm³/mol. The molecule has 4 aromatic rings. The summed E-state index contributed by atoms with van der Waals surface area (Å²) < 4.78 is 5.91. The van der Waals surface area contributed by atoms with E-state index in [1.54, 1.807) is 12.1 Å². The van der Waals surface area contributed by atoms with Crippen LogP contribution in [0.25, 0.3) is 22.6 Å². The minimum atomic E-state index is -0.292. The van der Waals surface area contributed by atoms with Crippen molar-refractivity contribution in [3.05, 3.63) is 76.9 Å². The van der Waals surface area contributed by atoms with Gasteiger partial charge in [-0.15, -0.1) is 0 Å². The number of rotatable bonds is 5. The maximum absolute atomic E-state index is 12.6. The Labute approximate surface area is 204 Å². The number of carbonyl (C=O) groups excluding carboxylic acids is 1. The lowest BCUT2D eigenvalue weighted by atomic mass is 9.98. The van der Waals surface area contributed by atoms with Crippen molar-refractivity contribution >= 4 is 40.0 Å². The predicted octanol–water partition coefficient (Wildman–Crippen LogP) is 6.46. The van der Waals surface area contributed by atoms with Crippen LogP contribution >= 0.6 is 12.2 Å². The number of phenols is 1. The summed E-state index contributed by atoms with van der Waals surface area (Å²) in [4.78, 5) is 17.2. The number of oxazole rings is 1. The second kappa shape index (κ2) is 9.65. The number of nitrogens with zero attached hydrogens (tertiary/aromatic N) is 1. The van der Waals surface area contributed by atoms with Crippen molar-refractivity contribution in [2.75, 3.05) is 5.32 Å². The van der Waals surface area contributed by atoms with Crippen LogP contribution in [0.15, 0.2) is 59.0 Å². The Morgan fingerprint density at radius 3 is 2.53 bits per heavy atom. The maximum atomic E-state index is 12.6. The zero-order chi connectivity index (χ0) is 24.4. The second-order valence-corrected chi connectivity index (χ2v) is 8.98. The molecular formula is C27H27N3O3S. The molecule has 0 bridgehead atoms. The number of phenolic OH excluding ortho intramolecular Hbond substituents is 1. The summed E-state index contributed by atoms with van der Waals surface area (Å²) in [6.07, 6.45) is 1.03. The van der Waals surface area contributed by atoms with Crippen molar-refractivity contribution < 1.29 is 14.3 Å². The third-order valence-electron chi connectivity index (χ3n) is 5.79. The third kappa shape index (κ3) is 5.10. The summed E-state index contributed by atoms with van der Waals surface area (Å²) in [5, 5.41) is 16.3. The number of nitrogens with one attached hydrogen (secondary N) is 2. The molecule has 34 heavy (non-hydrogen) atoms. The molecule has 0 saturated carbocycles. The van der Waals surface area contributed by atoms with Gasteiger partial charge in [0.25, 0.3) is 5.91 Å². The molecule has 0 spiro atoms. The molecule has 0 saturated heterocycles. The summed E-state index contributed by atoms with van der Waals surface area (Å²) in [5.74, 6) is 0.469. The number of thiocarbonyl (C=S) groups is 1. The Morgan fingerprint density at radius 1 is 1.09 bits per heavy atom. The average Bonchev–Trinajstić information content (AvgIpc) is 3.22. The van der Waals surface area contributed by atoms with E-state index in [9.17, 15) is 9.90 Å². The molecule has 1 heterocycles. The molecule has 1 amide bonds. The molecule has 0 radical (unpaired) electrons. The number of aromatic nitrogens is 1. The van der Waals surface area contributed by atoms with E-state index in [-0.39, 0.29) is 16.8 Å². The van der Waals surface area contributed by atoms with Crippen molar-refractivity contribution in [1.82, 2.24) is 10.3 Å². The summed E-state index contributed by atoms with van der Waals surface area (Å²) in [5.41, 5.74) is 6.13. The van der Waals surface area contributed by atoms with E-state index in [0.29, 0.717) is 34.2 Å². The molecule has 7 heteroatoms. The summed E-state index contributed by atoms with van der Waals surface area (Å²) in [7, 11) is 0. The lowest BCUT2D eigenvalue weighted by Gasteiger charge is -2.11. The summed E-state index contributed by atoms with van der Waals surface area (Å²) >= 11 is 5.33. The van der Waals surface area contributed by atoms with Crippen molar-refractivity contribution in [3.8, 4) is 17.2 Å². The van der Waals surface area contributed by atoms with Crippen molar-refractivity contribution in [3.63, 3.8) is 0 Å². The molecule has 6 nitrogen and oxygen atoms in total. The van der Waals surface area contributed by atoms with Gasteiger partial charge in [-0.2, -0.15) is 0 Å². The normalized spacial score (nSPS) is 11.9. The van der Waals surface area contributed by atoms with Gasteiger partial charge in [0.15, 0.2) is 10.7 Å². The largest absolute Gasteiger partial charge is 0.507 e. The number of fused-ring (bicyclic) bond motifs is 1. The molecule has 0 aliphatic carbocycles. The van der Waals surface area contributed by atoms with Gasteiger partial charge in [0.1, 0.15) is 11.3 Å². The van der Waals surface area contributed by atoms with Crippen LogP contribution < -0.4 is 10.6 Å². The topological polar surface area (TPSA) is 87.4 Å². The minimum Gasteiger partial charge on any atom is -0.507 e. The van der Waals surface area contributed by atoms with Gasteiger partial charge in [-0.1, -0.05) is 37.1 Å². The molecule has 3 N–H and O–H groups in total. The first-order valence-electron chi connectivity index (χ1n) is 11.2. The molecule has 174 valence electrons. The van der Waals surface area contributed by atoms with E-state index in [0.717, 1.165) is 23.1 Å². The van der Waals surface area contributed by atoms with Gasteiger partial charge in [0, 0.05) is 11.3 Å². The molecule has 4 rings (SSSR count). The quantitative estimate of drug-likeness (QED) is 0.228. The van der Waals surface area contributed by atoms with E-state index >= 15 is 0 Å².